The number of nitrogens with two attached hydrogens (primary N) is 1. The fraction of sp³-hybridized carbons (Fsp3) is 0.579. The number of hydrogen-bond acceptors (Lipinski definition) is 3. The number of nitrogens with one attached hydrogen (secondary N) is 1. The van der Waals surface area contributed by atoms with E-state index in [1.807, 2.05) is 45.0 Å². The van der Waals surface area contributed by atoms with Crippen LogP contribution in [0.25, 0.3) is 0 Å². The zero-order chi connectivity index (χ0) is 17.9. The van der Waals surface area contributed by atoms with Crippen LogP contribution >= 0.6 is 12.4 Å². The quantitative estimate of drug-likeness (QED) is 0.811. The molecule has 1 aromatic rings. The van der Waals surface area contributed by atoms with Crippen molar-refractivity contribution in [1.82, 2.24) is 5.32 Å². The van der Waals surface area contributed by atoms with Gasteiger partial charge >= 0.3 is 0 Å². The minimum Gasteiger partial charge on any atom is -0.349 e. The van der Waals surface area contributed by atoms with Gasteiger partial charge < -0.3 is 16.0 Å². The largest absolute Gasteiger partial charge is 0.349 e. The first kappa shape index (κ1) is 21.5. The Morgan fingerprint density at radius 2 is 2.04 bits per heavy atom. The van der Waals surface area contributed by atoms with Crippen LogP contribution in [0.2, 0.25) is 0 Å². The highest BCUT2D eigenvalue weighted by atomic mass is 35.5. The van der Waals surface area contributed by atoms with Crippen LogP contribution in [0, 0.1) is 11.8 Å². The van der Waals surface area contributed by atoms with E-state index in [-0.39, 0.29) is 42.5 Å². The molecule has 0 bridgehead atoms. The van der Waals surface area contributed by atoms with Crippen LogP contribution in [0.4, 0.5) is 5.69 Å². The number of aryl methyl sites for hydroxylation is 1. The predicted octanol–water partition coefficient (Wildman–Crippen LogP) is 2.51. The van der Waals surface area contributed by atoms with Crippen molar-refractivity contribution in [3.05, 3.63) is 29.8 Å². The standard InChI is InChI=1S/C19H29N3O2.ClH/c1-5-14-8-6-7-9-16(14)22-11-15(10-17(22)23)18(24)21-19(4,12-20)13(2)3;/h6-9,13,15H,5,10-12,20H2,1-4H3,(H,21,24);1H. The molecule has 1 aliphatic rings. The second-order valence-corrected chi connectivity index (χ2v) is 7.15. The highest BCUT2D eigenvalue weighted by Crippen LogP contribution is 2.29. The lowest BCUT2D eigenvalue weighted by Crippen LogP contribution is -2.56. The SMILES string of the molecule is CCc1ccccc1N1CC(C(=O)NC(C)(CN)C(C)C)CC1=O.Cl. The number of benzene rings is 1. The Bertz CT molecular complexity index is 620. The molecule has 1 aliphatic heterocycles. The molecule has 1 saturated heterocycles. The minimum atomic E-state index is -0.450. The lowest BCUT2D eigenvalue weighted by atomic mass is 9.87. The normalized spacial score (nSPS) is 19.5. The van der Waals surface area contributed by atoms with Crippen LogP contribution in [0.15, 0.2) is 24.3 Å². The van der Waals surface area contributed by atoms with E-state index in [2.05, 4.69) is 12.2 Å². The number of halogens is 1. The van der Waals surface area contributed by atoms with Crippen molar-refractivity contribution in [2.75, 3.05) is 18.0 Å². The van der Waals surface area contributed by atoms with Gasteiger partial charge in [-0.05, 0) is 30.9 Å². The molecule has 2 rings (SSSR count). The lowest BCUT2D eigenvalue weighted by Gasteiger charge is -2.34. The van der Waals surface area contributed by atoms with E-state index >= 15 is 0 Å². The van der Waals surface area contributed by atoms with Crippen molar-refractivity contribution in [3.8, 4) is 0 Å². The molecule has 3 N–H and O–H groups in total. The molecule has 6 heteroatoms. The van der Waals surface area contributed by atoms with Crippen LogP contribution in [0.5, 0.6) is 0 Å². The van der Waals surface area contributed by atoms with Gasteiger partial charge in [0, 0.05) is 25.2 Å². The molecular formula is C19H30ClN3O2. The summed E-state index contributed by atoms with van der Waals surface area (Å²) in [4.78, 5) is 26.9. The fourth-order valence-electron chi connectivity index (χ4n) is 3.00. The number of nitrogens with zero attached hydrogens (tertiary/aromatic N) is 1. The molecule has 2 atom stereocenters. The third-order valence-corrected chi connectivity index (χ3v) is 5.27. The Kier molecular flexibility index (Phi) is 7.44. The first-order valence-corrected chi connectivity index (χ1v) is 8.72. The summed E-state index contributed by atoms with van der Waals surface area (Å²) < 4.78 is 0. The van der Waals surface area contributed by atoms with E-state index in [0.717, 1.165) is 17.7 Å². The van der Waals surface area contributed by atoms with Crippen molar-refractivity contribution in [2.24, 2.45) is 17.6 Å². The van der Waals surface area contributed by atoms with Gasteiger partial charge in [-0.25, -0.2) is 0 Å². The maximum atomic E-state index is 12.7. The van der Waals surface area contributed by atoms with Crippen molar-refractivity contribution >= 4 is 29.9 Å². The Morgan fingerprint density at radius 1 is 1.40 bits per heavy atom. The molecule has 1 aromatic carbocycles. The molecule has 140 valence electrons. The van der Waals surface area contributed by atoms with Crippen LogP contribution < -0.4 is 16.0 Å². The van der Waals surface area contributed by atoms with E-state index in [1.165, 1.54) is 0 Å². The van der Waals surface area contributed by atoms with Crippen molar-refractivity contribution in [3.63, 3.8) is 0 Å². The zero-order valence-electron chi connectivity index (χ0n) is 15.5. The summed E-state index contributed by atoms with van der Waals surface area (Å²) >= 11 is 0. The van der Waals surface area contributed by atoms with Gasteiger partial charge in [0.1, 0.15) is 0 Å². The van der Waals surface area contributed by atoms with Gasteiger partial charge in [-0.2, -0.15) is 0 Å². The third kappa shape index (κ3) is 4.53. The van der Waals surface area contributed by atoms with E-state index < -0.39 is 5.54 Å². The monoisotopic (exact) mass is 367 g/mol. The molecule has 25 heavy (non-hydrogen) atoms. The summed E-state index contributed by atoms with van der Waals surface area (Å²) in [6.45, 7) is 8.91. The van der Waals surface area contributed by atoms with Crippen LogP contribution in [-0.4, -0.2) is 30.4 Å². The summed E-state index contributed by atoms with van der Waals surface area (Å²) in [6.07, 6.45) is 1.11. The molecule has 0 aromatic heterocycles. The fourth-order valence-corrected chi connectivity index (χ4v) is 3.00. The molecule has 0 aliphatic carbocycles. The van der Waals surface area contributed by atoms with Gasteiger partial charge in [0.25, 0.3) is 0 Å². The highest BCUT2D eigenvalue weighted by Gasteiger charge is 2.38. The average Bonchev–Trinajstić information content (AvgIpc) is 2.96. The maximum Gasteiger partial charge on any atom is 0.227 e. The minimum absolute atomic E-state index is 0. The predicted molar refractivity (Wildman–Crippen MR) is 104 cm³/mol. The summed E-state index contributed by atoms with van der Waals surface area (Å²) in [5.41, 5.74) is 7.44. The average molecular weight is 368 g/mol. The van der Waals surface area contributed by atoms with Gasteiger partial charge in [0.05, 0.1) is 11.5 Å². The molecule has 2 unspecified atom stereocenters. The number of anilines is 1. The first-order valence-electron chi connectivity index (χ1n) is 8.72. The first-order chi connectivity index (χ1) is 11.3. The van der Waals surface area contributed by atoms with Gasteiger partial charge in [-0.1, -0.05) is 39.0 Å². The number of carbonyl (C=O) groups excluding carboxylic acids is 2. The molecular weight excluding hydrogens is 338 g/mol. The summed E-state index contributed by atoms with van der Waals surface area (Å²) in [5.74, 6) is -0.177. The van der Waals surface area contributed by atoms with Gasteiger partial charge in [0.15, 0.2) is 0 Å². The molecule has 1 heterocycles. The summed E-state index contributed by atoms with van der Waals surface area (Å²) in [5, 5.41) is 3.06. The third-order valence-electron chi connectivity index (χ3n) is 5.27. The van der Waals surface area contributed by atoms with Gasteiger partial charge in [-0.15, -0.1) is 12.4 Å². The molecule has 2 amide bonds. The Labute approximate surface area is 156 Å². The molecule has 5 nitrogen and oxygen atoms in total. The molecule has 0 radical (unpaired) electrons. The second kappa shape index (κ2) is 8.68. The Morgan fingerprint density at radius 3 is 2.60 bits per heavy atom. The second-order valence-electron chi connectivity index (χ2n) is 7.15. The van der Waals surface area contributed by atoms with E-state index in [4.69, 9.17) is 5.73 Å². The lowest BCUT2D eigenvalue weighted by molar-refractivity contribution is -0.128. The smallest absolute Gasteiger partial charge is 0.227 e. The molecule has 1 fully saturated rings. The summed E-state index contributed by atoms with van der Waals surface area (Å²) in [6, 6.07) is 7.89. The van der Waals surface area contributed by atoms with Crippen molar-refractivity contribution in [1.29, 1.82) is 0 Å². The number of para-hydroxylation sites is 1. The van der Waals surface area contributed by atoms with Gasteiger partial charge in [-0.3, -0.25) is 9.59 Å². The van der Waals surface area contributed by atoms with E-state index in [0.29, 0.717) is 13.1 Å². The van der Waals surface area contributed by atoms with E-state index in [9.17, 15) is 9.59 Å². The van der Waals surface area contributed by atoms with Gasteiger partial charge in [0.2, 0.25) is 11.8 Å². The Hall–Kier alpha value is -1.59. The number of carbonyl (C=O) groups is 2. The summed E-state index contributed by atoms with van der Waals surface area (Å²) in [7, 11) is 0. The maximum absolute atomic E-state index is 12.7. The topological polar surface area (TPSA) is 75.4 Å². The van der Waals surface area contributed by atoms with Crippen molar-refractivity contribution in [2.45, 2.75) is 46.1 Å². The Balaban J connectivity index is 0.00000312. The number of rotatable bonds is 6. The number of amides is 2. The highest BCUT2D eigenvalue weighted by molar-refractivity contribution is 6.00. The number of hydrogen-bond donors (Lipinski definition) is 2. The van der Waals surface area contributed by atoms with E-state index in [1.54, 1.807) is 4.90 Å². The zero-order valence-corrected chi connectivity index (χ0v) is 16.4. The van der Waals surface area contributed by atoms with Crippen molar-refractivity contribution < 1.29 is 9.59 Å². The molecule has 0 saturated carbocycles. The van der Waals surface area contributed by atoms with Crippen LogP contribution in [0.3, 0.4) is 0 Å². The van der Waals surface area contributed by atoms with Crippen LogP contribution in [-0.2, 0) is 16.0 Å². The van der Waals surface area contributed by atoms with Crippen LogP contribution in [0.1, 0.15) is 39.7 Å². The molecule has 0 spiro atoms.